The van der Waals surface area contributed by atoms with Crippen LogP contribution >= 0.6 is 0 Å². The number of hydrogen-bond donors (Lipinski definition) is 1. The first-order chi connectivity index (χ1) is 16.9. The summed E-state index contributed by atoms with van der Waals surface area (Å²) in [6.07, 6.45) is 1.23. The Labute approximate surface area is 209 Å². The van der Waals surface area contributed by atoms with Gasteiger partial charge in [-0.25, -0.2) is 0 Å². The van der Waals surface area contributed by atoms with Gasteiger partial charge in [-0.3, -0.25) is 9.59 Å². The minimum Gasteiger partial charge on any atom is -0.484 e. The lowest BCUT2D eigenvalue weighted by atomic mass is 10.0. The van der Waals surface area contributed by atoms with Gasteiger partial charge in [0.25, 0.3) is 5.91 Å². The van der Waals surface area contributed by atoms with E-state index in [1.807, 2.05) is 100 Å². The molecule has 0 aliphatic rings. The topological polar surface area (TPSA) is 58.6 Å². The summed E-state index contributed by atoms with van der Waals surface area (Å²) in [5.74, 6) is 0.287. The second-order valence-electron chi connectivity index (χ2n) is 9.09. The van der Waals surface area contributed by atoms with Gasteiger partial charge in [0, 0.05) is 19.0 Å². The van der Waals surface area contributed by atoms with Gasteiger partial charge < -0.3 is 15.0 Å². The number of para-hydroxylation sites is 1. The molecule has 3 rings (SSSR count). The lowest BCUT2D eigenvalue weighted by Crippen LogP contribution is -2.53. The Kier molecular flexibility index (Phi) is 9.47. The molecule has 0 aliphatic heterocycles. The average molecular weight is 473 g/mol. The molecule has 0 aliphatic carbocycles. The molecule has 0 saturated heterocycles. The van der Waals surface area contributed by atoms with Crippen molar-refractivity contribution in [2.24, 2.45) is 0 Å². The summed E-state index contributed by atoms with van der Waals surface area (Å²) in [7, 11) is 0. The first kappa shape index (κ1) is 26.0. The molecule has 0 spiro atoms. The summed E-state index contributed by atoms with van der Waals surface area (Å²) >= 11 is 0. The summed E-state index contributed by atoms with van der Waals surface area (Å²) < 4.78 is 5.90. The molecule has 0 heterocycles. The highest BCUT2D eigenvalue weighted by molar-refractivity contribution is 5.88. The van der Waals surface area contributed by atoms with Crippen molar-refractivity contribution in [3.05, 3.63) is 101 Å². The molecule has 3 aromatic rings. The number of aryl methyl sites for hydroxylation is 2. The first-order valence-corrected chi connectivity index (χ1v) is 12.2. The van der Waals surface area contributed by atoms with Crippen molar-refractivity contribution in [3.63, 3.8) is 0 Å². The predicted molar refractivity (Wildman–Crippen MR) is 140 cm³/mol. The molecule has 0 fully saturated rings. The van der Waals surface area contributed by atoms with Crippen molar-refractivity contribution in [2.45, 2.75) is 59.2 Å². The molecular formula is C30H36N2O3. The van der Waals surface area contributed by atoms with Crippen LogP contribution in [0.15, 0.2) is 78.9 Å². The van der Waals surface area contributed by atoms with Gasteiger partial charge in [-0.15, -0.1) is 0 Å². The molecule has 0 unspecified atom stereocenters. The molecule has 0 saturated carbocycles. The molecule has 1 N–H and O–H groups in total. The fraction of sp³-hybridized carbons (Fsp3) is 0.333. The maximum absolute atomic E-state index is 13.6. The van der Waals surface area contributed by atoms with Crippen molar-refractivity contribution in [1.82, 2.24) is 10.2 Å². The van der Waals surface area contributed by atoms with Crippen LogP contribution in [0.1, 0.15) is 42.5 Å². The third-order valence-corrected chi connectivity index (χ3v) is 6.15. The van der Waals surface area contributed by atoms with Gasteiger partial charge in [0.05, 0.1) is 0 Å². The van der Waals surface area contributed by atoms with E-state index in [0.717, 1.165) is 28.7 Å². The molecule has 2 amide bonds. The van der Waals surface area contributed by atoms with Crippen LogP contribution in [-0.2, 0) is 22.6 Å². The van der Waals surface area contributed by atoms with E-state index in [2.05, 4.69) is 11.4 Å². The minimum absolute atomic E-state index is 0.0138. The molecule has 184 valence electrons. The molecule has 2 atom stereocenters. The number of nitrogens with zero attached hydrogens (tertiary/aromatic N) is 1. The zero-order valence-electron chi connectivity index (χ0n) is 21.2. The van der Waals surface area contributed by atoms with Crippen molar-refractivity contribution in [3.8, 4) is 5.75 Å². The van der Waals surface area contributed by atoms with Crippen LogP contribution in [0, 0.1) is 13.8 Å². The zero-order chi connectivity index (χ0) is 25.2. The maximum atomic E-state index is 13.6. The summed E-state index contributed by atoms with van der Waals surface area (Å²) in [5, 5.41) is 3.09. The number of carbonyl (C=O) groups is 2. The van der Waals surface area contributed by atoms with E-state index >= 15 is 0 Å². The highest BCUT2D eigenvalue weighted by Crippen LogP contribution is 2.19. The van der Waals surface area contributed by atoms with Crippen LogP contribution < -0.4 is 10.1 Å². The number of nitrogens with one attached hydrogen (secondary N) is 1. The van der Waals surface area contributed by atoms with Crippen molar-refractivity contribution in [1.29, 1.82) is 0 Å². The monoisotopic (exact) mass is 472 g/mol. The largest absolute Gasteiger partial charge is 0.484 e. The summed E-state index contributed by atoms with van der Waals surface area (Å²) in [4.78, 5) is 28.8. The molecule has 3 aromatic carbocycles. The molecule has 0 aromatic heterocycles. The Morgan fingerprint density at radius 3 is 2.29 bits per heavy atom. The lowest BCUT2D eigenvalue weighted by Gasteiger charge is -2.32. The Morgan fingerprint density at radius 2 is 1.60 bits per heavy atom. The van der Waals surface area contributed by atoms with Gasteiger partial charge in [-0.2, -0.15) is 0 Å². The van der Waals surface area contributed by atoms with E-state index in [1.54, 1.807) is 4.90 Å². The van der Waals surface area contributed by atoms with E-state index in [0.29, 0.717) is 18.7 Å². The molecule has 35 heavy (non-hydrogen) atoms. The number of rotatable bonds is 11. The van der Waals surface area contributed by atoms with Crippen LogP contribution in [0.4, 0.5) is 0 Å². The molecule has 0 bridgehead atoms. The van der Waals surface area contributed by atoms with Crippen molar-refractivity contribution in [2.75, 3.05) is 6.61 Å². The highest BCUT2D eigenvalue weighted by atomic mass is 16.5. The first-order valence-electron chi connectivity index (χ1n) is 12.2. The zero-order valence-corrected chi connectivity index (χ0v) is 21.2. The van der Waals surface area contributed by atoms with Crippen LogP contribution in [0.25, 0.3) is 0 Å². The lowest BCUT2D eigenvalue weighted by molar-refractivity contribution is -0.143. The van der Waals surface area contributed by atoms with Gasteiger partial charge in [0.1, 0.15) is 11.8 Å². The summed E-state index contributed by atoms with van der Waals surface area (Å²) in [6.45, 7) is 8.16. The van der Waals surface area contributed by atoms with E-state index in [9.17, 15) is 9.59 Å². The number of hydrogen-bond acceptors (Lipinski definition) is 3. The van der Waals surface area contributed by atoms with Gasteiger partial charge in [0.2, 0.25) is 5.91 Å². The minimum atomic E-state index is -0.667. The fourth-order valence-electron chi connectivity index (χ4n) is 3.94. The maximum Gasteiger partial charge on any atom is 0.261 e. The van der Waals surface area contributed by atoms with Crippen molar-refractivity contribution >= 4 is 11.8 Å². The van der Waals surface area contributed by atoms with E-state index in [4.69, 9.17) is 4.74 Å². The Bertz CT molecular complexity index is 1110. The SMILES string of the molecule is CC[C@H](C)NC(=O)[C@@H](Cc1ccccc1)N(Cc1cccc(C)c1)C(=O)COc1ccccc1C. The smallest absolute Gasteiger partial charge is 0.261 e. The molecule has 0 radical (unpaired) electrons. The van der Waals surface area contributed by atoms with Gasteiger partial charge in [-0.1, -0.05) is 85.3 Å². The standard InChI is InChI=1S/C30H36N2O3/c1-5-24(4)31-30(34)27(19-25-14-7-6-8-15-25)32(20-26-16-11-12-22(2)18-26)29(33)21-35-28-17-10-9-13-23(28)3/h6-18,24,27H,5,19-21H2,1-4H3,(H,31,34)/t24-,27+/m0/s1. The number of ether oxygens (including phenoxy) is 1. The van der Waals surface area contributed by atoms with Gasteiger partial charge >= 0.3 is 0 Å². The van der Waals surface area contributed by atoms with Gasteiger partial charge in [-0.05, 0) is 49.9 Å². The second kappa shape index (κ2) is 12.7. The van der Waals surface area contributed by atoms with Crippen LogP contribution in [0.5, 0.6) is 5.75 Å². The second-order valence-corrected chi connectivity index (χ2v) is 9.09. The highest BCUT2D eigenvalue weighted by Gasteiger charge is 2.31. The van der Waals surface area contributed by atoms with Crippen LogP contribution in [0.3, 0.4) is 0 Å². The quantitative estimate of drug-likeness (QED) is 0.415. The number of carbonyl (C=O) groups excluding carboxylic acids is 2. The third kappa shape index (κ3) is 7.71. The van der Waals surface area contributed by atoms with Crippen LogP contribution in [0.2, 0.25) is 0 Å². The Balaban J connectivity index is 1.92. The van der Waals surface area contributed by atoms with Crippen LogP contribution in [-0.4, -0.2) is 35.4 Å². The third-order valence-electron chi connectivity index (χ3n) is 6.15. The van der Waals surface area contributed by atoms with E-state index in [-0.39, 0.29) is 24.5 Å². The Hall–Kier alpha value is -3.60. The normalized spacial score (nSPS) is 12.5. The average Bonchev–Trinajstić information content (AvgIpc) is 2.86. The van der Waals surface area contributed by atoms with E-state index in [1.165, 1.54) is 0 Å². The molecule has 5 nitrogen and oxygen atoms in total. The van der Waals surface area contributed by atoms with Gasteiger partial charge in [0.15, 0.2) is 6.61 Å². The number of amides is 2. The predicted octanol–water partition coefficient (Wildman–Crippen LogP) is 5.24. The Morgan fingerprint density at radius 1 is 0.914 bits per heavy atom. The van der Waals surface area contributed by atoms with Crippen molar-refractivity contribution < 1.29 is 14.3 Å². The fourth-order valence-corrected chi connectivity index (χ4v) is 3.94. The van der Waals surface area contributed by atoms with E-state index < -0.39 is 6.04 Å². The molecule has 5 heteroatoms. The summed E-state index contributed by atoms with van der Waals surface area (Å²) in [5.41, 5.74) is 4.04. The summed E-state index contributed by atoms with van der Waals surface area (Å²) in [6, 6.07) is 24.8. The number of benzene rings is 3. The molecular weight excluding hydrogens is 436 g/mol.